The molecular weight excluding hydrogens is 576 g/mol. The second-order valence-corrected chi connectivity index (χ2v) is 12.9. The molecule has 0 unspecified atom stereocenters. The van der Waals surface area contributed by atoms with Gasteiger partial charge in [0.1, 0.15) is 0 Å². The van der Waals surface area contributed by atoms with Gasteiger partial charge in [0.25, 0.3) is 0 Å². The molecule has 3 heterocycles. The molecule has 0 bridgehead atoms. The number of likely N-dealkylation sites (N-methyl/N-ethyl adjacent to an activating group) is 1. The average Bonchev–Trinajstić information content (AvgIpc) is 3.43. The molecule has 0 atom stereocenters. The highest BCUT2D eigenvalue weighted by atomic mass is 16.3. The van der Waals surface area contributed by atoms with Crippen LogP contribution >= 0.6 is 0 Å². The van der Waals surface area contributed by atoms with Gasteiger partial charge in [-0.3, -0.25) is 9.78 Å². The fourth-order valence-corrected chi connectivity index (χ4v) is 5.26. The van der Waals surface area contributed by atoms with Crippen molar-refractivity contribution in [3.05, 3.63) is 89.8 Å². The Kier molecular flexibility index (Phi) is 10.1. The molecule has 0 fully saturated rings. The van der Waals surface area contributed by atoms with Crippen LogP contribution in [0, 0.1) is 0 Å². The minimum absolute atomic E-state index is 0.0824. The van der Waals surface area contributed by atoms with Crippen molar-refractivity contribution in [3.63, 3.8) is 0 Å². The molecule has 0 saturated heterocycles. The number of carbonyl (C=O) groups is 1. The number of pyridine rings is 1. The van der Waals surface area contributed by atoms with E-state index in [0.717, 1.165) is 50.9 Å². The molecule has 0 saturated carbocycles. The maximum Gasteiger partial charge on any atom is 0.229 e. The molecule has 10 heteroatoms. The van der Waals surface area contributed by atoms with Crippen molar-refractivity contribution < 1.29 is 9.90 Å². The van der Waals surface area contributed by atoms with Crippen molar-refractivity contribution in [1.82, 2.24) is 29.5 Å². The molecule has 0 aliphatic heterocycles. The summed E-state index contributed by atoms with van der Waals surface area (Å²) in [6.45, 7) is 9.55. The largest absolute Gasteiger partial charge is 0.390 e. The van der Waals surface area contributed by atoms with Crippen molar-refractivity contribution in [1.29, 1.82) is 0 Å². The number of ketones is 1. The van der Waals surface area contributed by atoms with Crippen molar-refractivity contribution >= 4 is 34.1 Å². The smallest absolute Gasteiger partial charge is 0.229 e. The third-order valence-corrected chi connectivity index (χ3v) is 7.73. The molecular formula is C36H44N8O2. The number of nitrogens with zero attached hydrogens (tertiary/aromatic N) is 6. The predicted octanol–water partition coefficient (Wildman–Crippen LogP) is 5.88. The molecule has 0 spiro atoms. The van der Waals surface area contributed by atoms with Crippen LogP contribution in [0.1, 0.15) is 56.7 Å². The monoisotopic (exact) mass is 620 g/mol. The summed E-state index contributed by atoms with van der Waals surface area (Å²) in [5.74, 6) is 1.37. The van der Waals surface area contributed by atoms with E-state index in [1.165, 1.54) is 0 Å². The number of fused-ring (bicyclic) bond motifs is 2. The van der Waals surface area contributed by atoms with Gasteiger partial charge >= 0.3 is 0 Å². The Morgan fingerprint density at radius 1 is 1.09 bits per heavy atom. The molecule has 5 rings (SSSR count). The van der Waals surface area contributed by atoms with Gasteiger partial charge < -0.3 is 20.6 Å². The second-order valence-electron chi connectivity index (χ2n) is 12.9. The average molecular weight is 621 g/mol. The SMILES string of the molecule is CC(C)c1cnn2c(NCc3ccccc3-c3nccc4cc(CC(=O)/C=C/CN(C)C)ccc34)nc(NCCC(C)(C)O)nc12. The van der Waals surface area contributed by atoms with E-state index < -0.39 is 5.60 Å². The Morgan fingerprint density at radius 3 is 2.65 bits per heavy atom. The van der Waals surface area contributed by atoms with Crippen LogP contribution in [0.25, 0.3) is 27.7 Å². The number of aromatic nitrogens is 5. The highest BCUT2D eigenvalue weighted by molar-refractivity contribution is 5.97. The standard InChI is InChI=1S/C36H44N8O2/c1-24(2)31-23-40-44-33(31)41-34(38-18-16-36(3,4)46)42-35(44)39-22-27-10-7-8-12-29(27)32-30-14-13-25(20-26(30)15-17-37-32)21-28(45)11-9-19-43(5)6/h7-15,17,20,23-24,46H,16,18-19,21-22H2,1-6H3,(H2,38,39,41,42)/b11-9+. The first kappa shape index (κ1) is 32.7. The van der Waals surface area contributed by atoms with E-state index in [4.69, 9.17) is 15.0 Å². The molecule has 0 aliphatic carbocycles. The van der Waals surface area contributed by atoms with Gasteiger partial charge in [0.2, 0.25) is 11.9 Å². The zero-order valence-corrected chi connectivity index (χ0v) is 27.6. The van der Waals surface area contributed by atoms with Gasteiger partial charge in [0, 0.05) is 48.8 Å². The van der Waals surface area contributed by atoms with Crippen molar-refractivity contribution in [2.45, 2.75) is 58.6 Å². The minimum Gasteiger partial charge on any atom is -0.390 e. The van der Waals surface area contributed by atoms with Crippen LogP contribution in [0.2, 0.25) is 0 Å². The highest BCUT2D eigenvalue weighted by Crippen LogP contribution is 2.31. The van der Waals surface area contributed by atoms with Gasteiger partial charge in [-0.15, -0.1) is 0 Å². The summed E-state index contributed by atoms with van der Waals surface area (Å²) in [4.78, 5) is 28.9. The topological polar surface area (TPSA) is 121 Å². The zero-order chi connectivity index (χ0) is 32.8. The van der Waals surface area contributed by atoms with E-state index in [9.17, 15) is 9.90 Å². The molecule has 3 aromatic heterocycles. The van der Waals surface area contributed by atoms with E-state index in [1.807, 2.05) is 61.7 Å². The second kappa shape index (κ2) is 14.2. The summed E-state index contributed by atoms with van der Waals surface area (Å²) in [6.07, 6.45) is 8.13. The highest BCUT2D eigenvalue weighted by Gasteiger charge is 2.18. The van der Waals surface area contributed by atoms with Crippen LogP contribution in [0.3, 0.4) is 0 Å². The van der Waals surface area contributed by atoms with Crippen LogP contribution in [0.5, 0.6) is 0 Å². The summed E-state index contributed by atoms with van der Waals surface area (Å²) in [5.41, 5.74) is 4.88. The fraction of sp³-hybridized carbons (Fsp3) is 0.361. The number of aliphatic hydroxyl groups is 1. The minimum atomic E-state index is -0.792. The molecule has 0 aliphatic rings. The first-order chi connectivity index (χ1) is 22.0. The summed E-state index contributed by atoms with van der Waals surface area (Å²) in [7, 11) is 3.95. The first-order valence-electron chi connectivity index (χ1n) is 15.7. The normalized spacial score (nSPS) is 12.2. The maximum absolute atomic E-state index is 12.5. The van der Waals surface area contributed by atoms with E-state index in [-0.39, 0.29) is 11.7 Å². The number of hydrogen-bond acceptors (Lipinski definition) is 9. The number of hydrogen-bond donors (Lipinski definition) is 3. The van der Waals surface area contributed by atoms with Crippen molar-refractivity contribution in [3.8, 4) is 11.3 Å². The number of benzene rings is 2. The summed E-state index contributed by atoms with van der Waals surface area (Å²) in [5, 5.41) is 23.6. The molecule has 3 N–H and O–H groups in total. The zero-order valence-electron chi connectivity index (χ0n) is 27.6. The van der Waals surface area contributed by atoms with Gasteiger partial charge in [-0.05, 0) is 68.9 Å². The lowest BCUT2D eigenvalue weighted by atomic mass is 9.97. The molecule has 0 radical (unpaired) electrons. The lowest BCUT2D eigenvalue weighted by molar-refractivity contribution is -0.114. The molecule has 2 aromatic carbocycles. The van der Waals surface area contributed by atoms with Crippen molar-refractivity contribution in [2.24, 2.45) is 0 Å². The number of nitrogens with one attached hydrogen (secondary N) is 2. The maximum atomic E-state index is 12.5. The Bertz CT molecular complexity index is 1850. The number of rotatable bonds is 14. The van der Waals surface area contributed by atoms with Gasteiger partial charge in [-0.2, -0.15) is 19.6 Å². The lowest BCUT2D eigenvalue weighted by Crippen LogP contribution is -2.23. The molecule has 240 valence electrons. The Labute approximate surface area is 270 Å². The molecule has 5 aromatic rings. The van der Waals surface area contributed by atoms with Gasteiger partial charge in [0.05, 0.1) is 17.5 Å². The van der Waals surface area contributed by atoms with Gasteiger partial charge in [-0.25, -0.2) is 0 Å². The molecule has 10 nitrogen and oxygen atoms in total. The van der Waals surface area contributed by atoms with Crippen LogP contribution in [-0.2, 0) is 17.8 Å². The van der Waals surface area contributed by atoms with Gasteiger partial charge in [0.15, 0.2) is 11.4 Å². The number of allylic oxidation sites excluding steroid dienone is 1. The molecule has 46 heavy (non-hydrogen) atoms. The quantitative estimate of drug-likeness (QED) is 0.131. The van der Waals surface area contributed by atoms with E-state index in [2.05, 4.69) is 53.8 Å². The summed E-state index contributed by atoms with van der Waals surface area (Å²) < 4.78 is 1.74. The van der Waals surface area contributed by atoms with Crippen molar-refractivity contribution in [2.75, 3.05) is 37.8 Å². The summed E-state index contributed by atoms with van der Waals surface area (Å²) in [6, 6.07) is 16.3. The van der Waals surface area contributed by atoms with Crippen LogP contribution < -0.4 is 10.6 Å². The Balaban J connectivity index is 1.41. The number of carbonyl (C=O) groups excluding carboxylic acids is 1. The third-order valence-electron chi connectivity index (χ3n) is 7.73. The summed E-state index contributed by atoms with van der Waals surface area (Å²) >= 11 is 0. The third kappa shape index (κ3) is 8.13. The van der Waals surface area contributed by atoms with Gasteiger partial charge in [-0.1, -0.05) is 62.4 Å². The number of anilines is 2. The molecule has 0 amide bonds. The van der Waals surface area contributed by atoms with Crippen LogP contribution in [-0.4, -0.2) is 73.1 Å². The van der Waals surface area contributed by atoms with E-state index in [0.29, 0.717) is 37.8 Å². The van der Waals surface area contributed by atoms with E-state index >= 15 is 0 Å². The van der Waals surface area contributed by atoms with E-state index in [1.54, 1.807) is 24.4 Å². The Hall–Kier alpha value is -4.67. The lowest BCUT2D eigenvalue weighted by Gasteiger charge is -2.17. The van der Waals surface area contributed by atoms with Crippen LogP contribution in [0.15, 0.2) is 73.1 Å². The Morgan fingerprint density at radius 2 is 1.89 bits per heavy atom. The first-order valence-corrected chi connectivity index (χ1v) is 15.7. The van der Waals surface area contributed by atoms with Crippen LogP contribution in [0.4, 0.5) is 11.9 Å². The predicted molar refractivity (Wildman–Crippen MR) is 185 cm³/mol. The fourth-order valence-electron chi connectivity index (χ4n) is 5.26.